The van der Waals surface area contributed by atoms with Crippen LogP contribution in [0.5, 0.6) is 11.5 Å². The monoisotopic (exact) mass is 361 g/mol. The van der Waals surface area contributed by atoms with Crippen LogP contribution in [0.3, 0.4) is 0 Å². The smallest absolute Gasteiger partial charge is 0.142 e. The zero-order chi connectivity index (χ0) is 19.2. The predicted molar refractivity (Wildman–Crippen MR) is 103 cm³/mol. The molecule has 3 N–H and O–H groups in total. The summed E-state index contributed by atoms with van der Waals surface area (Å²) in [6, 6.07) is 18.7. The van der Waals surface area contributed by atoms with E-state index in [2.05, 4.69) is 11.1 Å². The number of pyridine rings is 1. The highest BCUT2D eigenvalue weighted by Gasteiger charge is 2.18. The van der Waals surface area contributed by atoms with Gasteiger partial charge in [-0.2, -0.15) is 5.26 Å². The van der Waals surface area contributed by atoms with Gasteiger partial charge < -0.3 is 20.3 Å². The van der Waals surface area contributed by atoms with Gasteiger partial charge in [-0.1, -0.05) is 30.3 Å². The Kier molecular flexibility index (Phi) is 5.55. The topological polar surface area (TPSA) is 101 Å². The van der Waals surface area contributed by atoms with Gasteiger partial charge in [-0.25, -0.2) is 4.98 Å². The van der Waals surface area contributed by atoms with E-state index in [0.717, 1.165) is 5.56 Å². The normalized spacial score (nSPS) is 10.3. The molecule has 3 rings (SSSR count). The van der Waals surface area contributed by atoms with E-state index in [4.69, 9.17) is 20.3 Å². The first kappa shape index (κ1) is 18.2. The number of aliphatic hydroxyl groups is 1. The molecule has 0 spiro atoms. The highest BCUT2D eigenvalue weighted by atomic mass is 16.5. The number of methoxy groups -OCH3 is 1. The van der Waals surface area contributed by atoms with Crippen molar-refractivity contribution < 1.29 is 14.6 Å². The van der Waals surface area contributed by atoms with E-state index < -0.39 is 0 Å². The van der Waals surface area contributed by atoms with E-state index in [1.54, 1.807) is 19.2 Å². The van der Waals surface area contributed by atoms with Crippen molar-refractivity contribution in [3.8, 4) is 40.0 Å². The van der Waals surface area contributed by atoms with Crippen LogP contribution in [0.1, 0.15) is 5.56 Å². The summed E-state index contributed by atoms with van der Waals surface area (Å²) in [7, 11) is 1.59. The van der Waals surface area contributed by atoms with Crippen LogP contribution in [0, 0.1) is 11.3 Å². The fourth-order valence-corrected chi connectivity index (χ4v) is 2.86. The molecule has 0 bridgehead atoms. The van der Waals surface area contributed by atoms with Crippen LogP contribution in [0.25, 0.3) is 22.4 Å². The quantitative estimate of drug-likeness (QED) is 0.699. The molecule has 6 heteroatoms. The summed E-state index contributed by atoms with van der Waals surface area (Å²) >= 11 is 0. The van der Waals surface area contributed by atoms with Gasteiger partial charge in [-0.3, -0.25) is 0 Å². The van der Waals surface area contributed by atoms with E-state index in [9.17, 15) is 5.26 Å². The van der Waals surface area contributed by atoms with Gasteiger partial charge in [0.2, 0.25) is 0 Å². The van der Waals surface area contributed by atoms with Crippen LogP contribution in [0.4, 0.5) is 5.82 Å². The number of nitrogens with two attached hydrogens (primary N) is 1. The lowest BCUT2D eigenvalue weighted by molar-refractivity contribution is 0.202. The lowest BCUT2D eigenvalue weighted by Gasteiger charge is -2.15. The number of hydrogen-bond acceptors (Lipinski definition) is 6. The van der Waals surface area contributed by atoms with E-state index in [1.165, 1.54) is 0 Å². The summed E-state index contributed by atoms with van der Waals surface area (Å²) in [6.45, 7) is 0.0449. The lowest BCUT2D eigenvalue weighted by Crippen LogP contribution is -2.04. The zero-order valence-electron chi connectivity index (χ0n) is 14.8. The SMILES string of the molecule is COc1ccccc1-c1cc(-c2ccccc2OCCO)c(C#N)c(N)n1. The average Bonchev–Trinajstić information content (AvgIpc) is 2.71. The summed E-state index contributed by atoms with van der Waals surface area (Å²) in [5.74, 6) is 1.34. The number of hydrogen-bond donors (Lipinski definition) is 2. The number of benzene rings is 2. The molecule has 0 saturated carbocycles. The van der Waals surface area contributed by atoms with E-state index in [-0.39, 0.29) is 24.6 Å². The maximum atomic E-state index is 9.61. The van der Waals surface area contributed by atoms with Gasteiger partial charge in [-0.15, -0.1) is 0 Å². The van der Waals surface area contributed by atoms with Gasteiger partial charge in [0.25, 0.3) is 0 Å². The van der Waals surface area contributed by atoms with Crippen molar-refractivity contribution in [1.29, 1.82) is 5.26 Å². The molecule has 0 aliphatic rings. The fraction of sp³-hybridized carbons (Fsp3) is 0.143. The summed E-state index contributed by atoms with van der Waals surface area (Å²) < 4.78 is 11.0. The van der Waals surface area contributed by atoms with Crippen molar-refractivity contribution in [1.82, 2.24) is 4.98 Å². The highest BCUT2D eigenvalue weighted by molar-refractivity contribution is 5.84. The van der Waals surface area contributed by atoms with Crippen LogP contribution in [-0.2, 0) is 0 Å². The van der Waals surface area contributed by atoms with E-state index >= 15 is 0 Å². The molecule has 1 aromatic heterocycles. The van der Waals surface area contributed by atoms with Crippen molar-refractivity contribution in [2.24, 2.45) is 0 Å². The lowest BCUT2D eigenvalue weighted by atomic mass is 9.97. The molecular weight excluding hydrogens is 342 g/mol. The van der Waals surface area contributed by atoms with Crippen LogP contribution >= 0.6 is 0 Å². The summed E-state index contributed by atoms with van der Waals surface area (Å²) in [4.78, 5) is 4.40. The standard InChI is InChI=1S/C21H19N3O3/c1-26-19-8-4-3-7-15(19)18-12-16(17(13-22)21(23)24-18)14-6-2-5-9-20(14)27-11-10-25/h2-9,12,25H,10-11H2,1H3,(H2,23,24). The number of aromatic nitrogens is 1. The largest absolute Gasteiger partial charge is 0.496 e. The van der Waals surface area contributed by atoms with Crippen molar-refractivity contribution in [2.45, 2.75) is 0 Å². The molecule has 2 aromatic carbocycles. The summed E-state index contributed by atoms with van der Waals surface area (Å²) in [6.07, 6.45) is 0. The Bertz CT molecular complexity index is 996. The fourth-order valence-electron chi connectivity index (χ4n) is 2.86. The Morgan fingerprint density at radius 1 is 1.04 bits per heavy atom. The minimum absolute atomic E-state index is 0.107. The van der Waals surface area contributed by atoms with Gasteiger partial charge in [0.05, 0.1) is 19.4 Å². The van der Waals surface area contributed by atoms with Crippen LogP contribution in [0.15, 0.2) is 54.6 Å². The first-order valence-corrected chi connectivity index (χ1v) is 8.36. The minimum atomic E-state index is -0.107. The van der Waals surface area contributed by atoms with E-state index in [1.807, 2.05) is 42.5 Å². The second-order valence-electron chi connectivity index (χ2n) is 5.70. The summed E-state index contributed by atoms with van der Waals surface area (Å²) in [5.41, 5.74) is 9.04. The van der Waals surface area contributed by atoms with Gasteiger partial charge in [0, 0.05) is 16.7 Å². The molecule has 0 aliphatic carbocycles. The number of aliphatic hydroxyl groups excluding tert-OH is 1. The second-order valence-corrected chi connectivity index (χ2v) is 5.70. The Morgan fingerprint density at radius 2 is 1.70 bits per heavy atom. The molecule has 0 saturated heterocycles. The molecule has 27 heavy (non-hydrogen) atoms. The second kappa shape index (κ2) is 8.21. The van der Waals surface area contributed by atoms with Gasteiger partial charge >= 0.3 is 0 Å². The Labute approximate surface area is 157 Å². The van der Waals surface area contributed by atoms with Crippen LogP contribution < -0.4 is 15.2 Å². The number of para-hydroxylation sites is 2. The maximum Gasteiger partial charge on any atom is 0.142 e. The molecule has 136 valence electrons. The van der Waals surface area contributed by atoms with Crippen molar-refractivity contribution in [3.63, 3.8) is 0 Å². The predicted octanol–water partition coefficient (Wildman–Crippen LogP) is 3.25. The molecule has 3 aromatic rings. The molecule has 0 amide bonds. The molecule has 6 nitrogen and oxygen atoms in total. The Hall–Kier alpha value is -3.56. The van der Waals surface area contributed by atoms with Crippen molar-refractivity contribution >= 4 is 5.82 Å². The number of nitriles is 1. The number of nitrogens with zero attached hydrogens (tertiary/aromatic N) is 2. The third-order valence-corrected chi connectivity index (χ3v) is 4.07. The van der Waals surface area contributed by atoms with E-state index in [0.29, 0.717) is 28.3 Å². The molecule has 0 unspecified atom stereocenters. The number of rotatable bonds is 6. The molecule has 0 radical (unpaired) electrons. The number of anilines is 1. The van der Waals surface area contributed by atoms with Gasteiger partial charge in [0.1, 0.15) is 35.6 Å². The number of ether oxygens (including phenoxy) is 2. The Balaban J connectivity index is 2.22. The van der Waals surface area contributed by atoms with Crippen molar-refractivity contribution in [3.05, 3.63) is 60.2 Å². The third-order valence-electron chi connectivity index (χ3n) is 4.07. The van der Waals surface area contributed by atoms with Gasteiger partial charge in [-0.05, 0) is 24.3 Å². The molecule has 1 heterocycles. The zero-order valence-corrected chi connectivity index (χ0v) is 14.8. The van der Waals surface area contributed by atoms with Crippen molar-refractivity contribution in [2.75, 3.05) is 26.1 Å². The first-order valence-electron chi connectivity index (χ1n) is 8.36. The molecule has 0 aliphatic heterocycles. The number of nitrogen functional groups attached to an aromatic ring is 1. The highest BCUT2D eigenvalue weighted by Crippen LogP contribution is 2.38. The average molecular weight is 361 g/mol. The molecular formula is C21H19N3O3. The van der Waals surface area contributed by atoms with Crippen LogP contribution in [0.2, 0.25) is 0 Å². The third kappa shape index (κ3) is 3.68. The first-order chi connectivity index (χ1) is 13.2. The van der Waals surface area contributed by atoms with Gasteiger partial charge in [0.15, 0.2) is 0 Å². The van der Waals surface area contributed by atoms with Crippen LogP contribution in [-0.4, -0.2) is 30.4 Å². The maximum absolute atomic E-state index is 9.61. The molecule has 0 atom stereocenters. The minimum Gasteiger partial charge on any atom is -0.496 e. The summed E-state index contributed by atoms with van der Waals surface area (Å²) in [5, 5.41) is 18.7. The Morgan fingerprint density at radius 3 is 2.37 bits per heavy atom. The molecule has 0 fully saturated rings.